The van der Waals surface area contributed by atoms with Gasteiger partial charge in [-0.1, -0.05) is 97.7 Å². The van der Waals surface area contributed by atoms with Crippen LogP contribution in [0.3, 0.4) is 0 Å². The van der Waals surface area contributed by atoms with Crippen molar-refractivity contribution in [2.24, 2.45) is 0 Å². The highest BCUT2D eigenvalue weighted by Gasteiger charge is 2.33. The lowest BCUT2D eigenvalue weighted by atomic mass is 10.0. The van der Waals surface area contributed by atoms with Crippen LogP contribution in [-0.2, 0) is 32.6 Å². The maximum atomic E-state index is 14.1. The van der Waals surface area contributed by atoms with Crippen LogP contribution in [-0.4, -0.2) is 50.5 Å². The van der Waals surface area contributed by atoms with Gasteiger partial charge in [0.15, 0.2) is 0 Å². The number of sulfonamides is 1. The lowest BCUT2D eigenvalue weighted by Gasteiger charge is -2.33. The zero-order valence-electron chi connectivity index (χ0n) is 24.2. The molecule has 3 aromatic rings. The van der Waals surface area contributed by atoms with Gasteiger partial charge in [-0.2, -0.15) is 0 Å². The van der Waals surface area contributed by atoms with Gasteiger partial charge in [-0.15, -0.1) is 0 Å². The summed E-state index contributed by atoms with van der Waals surface area (Å²) in [6.07, 6.45) is 3.12. The fourth-order valence-electron chi connectivity index (χ4n) is 4.53. The molecule has 0 heterocycles. The molecule has 0 radical (unpaired) electrons. The van der Waals surface area contributed by atoms with Crippen molar-refractivity contribution in [3.8, 4) is 0 Å². The van der Waals surface area contributed by atoms with Crippen molar-refractivity contribution in [2.45, 2.75) is 58.5 Å². The third-order valence-corrected chi connectivity index (χ3v) is 8.50. The first-order valence-electron chi connectivity index (χ1n) is 13.9. The van der Waals surface area contributed by atoms with Crippen molar-refractivity contribution in [1.29, 1.82) is 0 Å². The first kappa shape index (κ1) is 32.3. The first-order valence-corrected chi connectivity index (χ1v) is 16.6. The van der Waals surface area contributed by atoms with Crippen LogP contribution in [0.15, 0.2) is 83.3 Å². The molecule has 9 heteroatoms. The van der Waals surface area contributed by atoms with Gasteiger partial charge in [0.05, 0.1) is 11.9 Å². The van der Waals surface area contributed by atoms with E-state index in [0.717, 1.165) is 44.6 Å². The molecule has 3 aromatic carbocycles. The summed E-state index contributed by atoms with van der Waals surface area (Å²) in [5.74, 6) is -0.448. The van der Waals surface area contributed by atoms with E-state index in [4.69, 9.17) is 0 Å². The molecule has 0 aliphatic rings. The molecule has 0 aliphatic heterocycles. The number of anilines is 1. The topological polar surface area (TPSA) is 86.8 Å². The summed E-state index contributed by atoms with van der Waals surface area (Å²) >= 11 is 3.49. The summed E-state index contributed by atoms with van der Waals surface area (Å²) in [5.41, 5.74) is 3.19. The second kappa shape index (κ2) is 15.2. The second-order valence-electron chi connectivity index (χ2n) is 10.5. The van der Waals surface area contributed by atoms with E-state index in [1.807, 2.05) is 73.7 Å². The number of halogens is 1. The number of rotatable bonds is 14. The summed E-state index contributed by atoms with van der Waals surface area (Å²) in [6.45, 7) is 6.37. The summed E-state index contributed by atoms with van der Waals surface area (Å²) in [4.78, 5) is 29.3. The maximum absolute atomic E-state index is 14.1. The zero-order chi connectivity index (χ0) is 30.0. The van der Waals surface area contributed by atoms with Gasteiger partial charge in [0, 0.05) is 24.0 Å². The lowest BCUT2D eigenvalue weighted by molar-refractivity contribution is -0.140. The van der Waals surface area contributed by atoms with Gasteiger partial charge in [0.25, 0.3) is 0 Å². The summed E-state index contributed by atoms with van der Waals surface area (Å²) in [5, 5.41) is 2.99. The van der Waals surface area contributed by atoms with E-state index in [9.17, 15) is 18.0 Å². The Balaban J connectivity index is 2.02. The molecule has 0 spiro atoms. The van der Waals surface area contributed by atoms with Crippen LogP contribution < -0.4 is 9.62 Å². The summed E-state index contributed by atoms with van der Waals surface area (Å²) in [7, 11) is -3.80. The highest BCUT2D eigenvalue weighted by Crippen LogP contribution is 2.24. The van der Waals surface area contributed by atoms with Gasteiger partial charge in [-0.05, 0) is 53.3 Å². The lowest BCUT2D eigenvalue weighted by Crippen LogP contribution is -2.53. The van der Waals surface area contributed by atoms with E-state index in [1.165, 1.54) is 4.90 Å². The fourth-order valence-corrected chi connectivity index (χ4v) is 5.83. The first-order chi connectivity index (χ1) is 19.5. The number of carbonyl (C=O) groups is 2. The molecular formula is C32H40BrN3O4S. The van der Waals surface area contributed by atoms with Crippen molar-refractivity contribution in [2.75, 3.05) is 23.7 Å². The Morgan fingerprint density at radius 2 is 1.59 bits per heavy atom. The molecule has 0 bridgehead atoms. The molecule has 1 atom stereocenters. The number of hydrogen-bond donors (Lipinski definition) is 1. The van der Waals surface area contributed by atoms with Gasteiger partial charge >= 0.3 is 0 Å². The minimum Gasteiger partial charge on any atom is -0.354 e. The van der Waals surface area contributed by atoms with Crippen molar-refractivity contribution < 1.29 is 18.0 Å². The Hall–Kier alpha value is -3.17. The average Bonchev–Trinajstić information content (AvgIpc) is 2.93. The zero-order valence-corrected chi connectivity index (χ0v) is 26.6. The van der Waals surface area contributed by atoms with Crippen LogP contribution in [0.2, 0.25) is 0 Å². The van der Waals surface area contributed by atoms with E-state index in [2.05, 4.69) is 35.1 Å². The molecule has 41 heavy (non-hydrogen) atoms. The third kappa shape index (κ3) is 9.71. The quantitative estimate of drug-likeness (QED) is 0.222. The van der Waals surface area contributed by atoms with E-state index in [-0.39, 0.29) is 18.4 Å². The van der Waals surface area contributed by atoms with Crippen LogP contribution in [0, 0.1) is 0 Å². The van der Waals surface area contributed by atoms with Gasteiger partial charge in [0.2, 0.25) is 21.8 Å². The number of nitrogens with zero attached hydrogens (tertiary/aromatic N) is 2. The van der Waals surface area contributed by atoms with Crippen LogP contribution in [0.4, 0.5) is 5.69 Å². The highest BCUT2D eigenvalue weighted by atomic mass is 79.9. The molecule has 7 nitrogen and oxygen atoms in total. The minimum absolute atomic E-state index is 0.140. The molecule has 220 valence electrons. The molecule has 0 fully saturated rings. The minimum atomic E-state index is -3.80. The van der Waals surface area contributed by atoms with Crippen molar-refractivity contribution in [1.82, 2.24) is 10.2 Å². The molecule has 0 aromatic heterocycles. The highest BCUT2D eigenvalue weighted by molar-refractivity contribution is 9.10. The number of benzene rings is 3. The fraction of sp³-hybridized carbons (Fsp3) is 0.375. The summed E-state index contributed by atoms with van der Waals surface area (Å²) < 4.78 is 27.9. The Labute approximate surface area is 253 Å². The van der Waals surface area contributed by atoms with Crippen molar-refractivity contribution in [3.63, 3.8) is 0 Å². The molecule has 1 N–H and O–H groups in total. The van der Waals surface area contributed by atoms with Gasteiger partial charge < -0.3 is 10.2 Å². The summed E-state index contributed by atoms with van der Waals surface area (Å²) in [6, 6.07) is 23.4. The Morgan fingerprint density at radius 3 is 2.17 bits per heavy atom. The van der Waals surface area contributed by atoms with Crippen LogP contribution in [0.5, 0.6) is 0 Å². The van der Waals surface area contributed by atoms with Crippen molar-refractivity contribution in [3.05, 3.63) is 100 Å². The van der Waals surface area contributed by atoms with Gasteiger partial charge in [-0.25, -0.2) is 8.42 Å². The van der Waals surface area contributed by atoms with Crippen LogP contribution in [0.1, 0.15) is 56.2 Å². The Kier molecular flexibility index (Phi) is 12.0. The SMILES string of the molecule is CCCCNC(=O)[C@@H](Cc1ccccc1)N(Cc1cccc(Br)c1)C(=O)CN(c1ccc(C(C)C)cc1)S(C)(=O)=O. The number of nitrogens with one attached hydrogen (secondary N) is 1. The molecule has 0 saturated heterocycles. The van der Waals surface area contributed by atoms with Gasteiger partial charge in [-0.3, -0.25) is 13.9 Å². The normalized spacial score (nSPS) is 12.1. The van der Waals surface area contributed by atoms with Crippen LogP contribution >= 0.6 is 15.9 Å². The van der Waals surface area contributed by atoms with E-state index in [0.29, 0.717) is 18.7 Å². The largest absolute Gasteiger partial charge is 0.354 e. The molecular weight excluding hydrogens is 602 g/mol. The number of amides is 2. The Morgan fingerprint density at radius 1 is 0.927 bits per heavy atom. The monoisotopic (exact) mass is 641 g/mol. The maximum Gasteiger partial charge on any atom is 0.244 e. The van der Waals surface area contributed by atoms with Gasteiger partial charge in [0.1, 0.15) is 12.6 Å². The molecule has 3 rings (SSSR count). The predicted octanol–water partition coefficient (Wildman–Crippen LogP) is 5.89. The van der Waals surface area contributed by atoms with Crippen LogP contribution in [0.25, 0.3) is 0 Å². The molecule has 0 unspecified atom stereocenters. The third-order valence-electron chi connectivity index (χ3n) is 6.87. The number of carbonyl (C=O) groups excluding carboxylic acids is 2. The van der Waals surface area contributed by atoms with Crippen molar-refractivity contribution >= 4 is 43.5 Å². The van der Waals surface area contributed by atoms with E-state index in [1.54, 1.807) is 12.1 Å². The predicted molar refractivity (Wildman–Crippen MR) is 169 cm³/mol. The number of hydrogen-bond acceptors (Lipinski definition) is 4. The standard InChI is InChI=1S/C32H40BrN3O4S/c1-5-6-19-34-32(38)30(21-25-11-8-7-9-12-25)35(22-26-13-10-14-28(33)20-26)31(37)23-36(41(4,39)40)29-17-15-27(16-18-29)24(2)3/h7-18,20,24,30H,5-6,19,21-23H2,1-4H3,(H,34,38)/t30-/m1/s1. The van der Waals surface area contributed by atoms with E-state index >= 15 is 0 Å². The smallest absolute Gasteiger partial charge is 0.244 e. The molecule has 2 amide bonds. The number of unbranched alkanes of at least 4 members (excludes halogenated alkanes) is 1. The Bertz CT molecular complexity index is 1400. The molecule has 0 saturated carbocycles. The average molecular weight is 643 g/mol. The van der Waals surface area contributed by atoms with E-state index < -0.39 is 28.5 Å². The molecule has 0 aliphatic carbocycles. The second-order valence-corrected chi connectivity index (χ2v) is 13.3.